The number of aromatic amines is 1. The van der Waals surface area contributed by atoms with Crippen LogP contribution in [0.5, 0.6) is 0 Å². The molecule has 0 unspecified atom stereocenters. The molecule has 0 radical (unpaired) electrons. The number of ketones is 1. The van der Waals surface area contributed by atoms with Crippen LogP contribution in [0.4, 0.5) is 0 Å². The maximum Gasteiger partial charge on any atom is 0.270 e. The highest BCUT2D eigenvalue weighted by Crippen LogP contribution is 2.33. The van der Waals surface area contributed by atoms with Gasteiger partial charge in [0.1, 0.15) is 5.69 Å². The van der Waals surface area contributed by atoms with Crippen LogP contribution in [0.2, 0.25) is 0 Å². The first-order valence-corrected chi connectivity index (χ1v) is 8.76. The molecule has 1 N–H and O–H groups in total. The van der Waals surface area contributed by atoms with Gasteiger partial charge in [0, 0.05) is 44.4 Å². The Bertz CT molecular complexity index is 736. The highest BCUT2D eigenvalue weighted by atomic mass is 16.2. The van der Waals surface area contributed by atoms with Crippen LogP contribution in [0.25, 0.3) is 0 Å². The molecule has 6 nitrogen and oxygen atoms in total. The van der Waals surface area contributed by atoms with E-state index in [0.29, 0.717) is 25.2 Å². The molecule has 0 aromatic carbocycles. The summed E-state index contributed by atoms with van der Waals surface area (Å²) >= 11 is 0. The Morgan fingerprint density at radius 2 is 2.00 bits per heavy atom. The number of nitrogens with zero attached hydrogens (tertiary/aromatic N) is 2. The lowest BCUT2D eigenvalue weighted by molar-refractivity contribution is -0.137. The SMILES string of the molecule is Cc1c(C(=O)N2C[C@H]3CCN(C)C(=O)[C@H]3C2)[nH]c2c1C(=O)CCC2. The number of Topliss-reactive ketones (excluding diaryl/α,β-unsaturated/α-hetero) is 1. The summed E-state index contributed by atoms with van der Waals surface area (Å²) in [6.45, 7) is 3.75. The molecule has 1 aliphatic carbocycles. The Hall–Kier alpha value is -2.11. The number of hydrogen-bond acceptors (Lipinski definition) is 3. The van der Waals surface area contributed by atoms with Crippen molar-refractivity contribution >= 4 is 17.6 Å². The third kappa shape index (κ3) is 2.19. The summed E-state index contributed by atoms with van der Waals surface area (Å²) in [7, 11) is 1.83. The Kier molecular flexibility index (Phi) is 3.51. The monoisotopic (exact) mass is 329 g/mol. The summed E-state index contributed by atoms with van der Waals surface area (Å²) < 4.78 is 0. The Morgan fingerprint density at radius 1 is 1.21 bits per heavy atom. The summed E-state index contributed by atoms with van der Waals surface area (Å²) in [5.41, 5.74) is 2.93. The molecule has 6 heteroatoms. The van der Waals surface area contributed by atoms with E-state index in [2.05, 4.69) is 4.98 Å². The third-order valence-corrected chi connectivity index (χ3v) is 5.91. The number of likely N-dealkylation sites (tertiary alicyclic amines) is 2. The maximum absolute atomic E-state index is 13.0. The van der Waals surface area contributed by atoms with Crippen molar-refractivity contribution in [3.63, 3.8) is 0 Å². The van der Waals surface area contributed by atoms with E-state index in [1.165, 1.54) is 0 Å². The van der Waals surface area contributed by atoms with E-state index in [9.17, 15) is 14.4 Å². The molecule has 2 atom stereocenters. The van der Waals surface area contributed by atoms with E-state index in [0.717, 1.165) is 42.6 Å². The van der Waals surface area contributed by atoms with Crippen LogP contribution >= 0.6 is 0 Å². The van der Waals surface area contributed by atoms with Gasteiger partial charge in [-0.2, -0.15) is 0 Å². The molecule has 3 aliphatic rings. The molecule has 0 bridgehead atoms. The number of amides is 2. The minimum absolute atomic E-state index is 0.0699. The van der Waals surface area contributed by atoms with Gasteiger partial charge in [-0.1, -0.05) is 0 Å². The quantitative estimate of drug-likeness (QED) is 0.846. The predicted octanol–water partition coefficient (Wildman–Crippen LogP) is 1.39. The van der Waals surface area contributed by atoms with Crippen molar-refractivity contribution in [2.75, 3.05) is 26.7 Å². The fourth-order valence-corrected chi connectivity index (χ4v) is 4.51. The van der Waals surface area contributed by atoms with Gasteiger partial charge in [-0.25, -0.2) is 0 Å². The first-order chi connectivity index (χ1) is 11.5. The van der Waals surface area contributed by atoms with Crippen molar-refractivity contribution in [1.29, 1.82) is 0 Å². The molecule has 2 fully saturated rings. The zero-order valence-corrected chi connectivity index (χ0v) is 14.2. The molecular weight excluding hydrogens is 306 g/mol. The van der Waals surface area contributed by atoms with Gasteiger partial charge in [-0.3, -0.25) is 14.4 Å². The van der Waals surface area contributed by atoms with Gasteiger partial charge in [0.2, 0.25) is 5.91 Å². The number of rotatable bonds is 1. The van der Waals surface area contributed by atoms with E-state index in [1.54, 1.807) is 9.80 Å². The standard InChI is InChI=1S/C18H23N3O3/c1-10-15-13(4-3-5-14(15)22)19-16(10)18(24)21-8-11-6-7-20(2)17(23)12(11)9-21/h11-12,19H,3-9H2,1-2H3/t11-,12+/m1/s1. The summed E-state index contributed by atoms with van der Waals surface area (Å²) in [5.74, 6) is 0.415. The minimum atomic E-state index is -0.0702. The third-order valence-electron chi connectivity index (χ3n) is 5.91. The molecule has 24 heavy (non-hydrogen) atoms. The molecule has 0 saturated carbocycles. The van der Waals surface area contributed by atoms with Gasteiger partial charge >= 0.3 is 0 Å². The van der Waals surface area contributed by atoms with Crippen LogP contribution in [-0.2, 0) is 11.2 Å². The van der Waals surface area contributed by atoms with Crippen molar-refractivity contribution in [3.8, 4) is 0 Å². The van der Waals surface area contributed by atoms with Crippen molar-refractivity contribution in [1.82, 2.24) is 14.8 Å². The zero-order chi connectivity index (χ0) is 17.0. The molecular formula is C18H23N3O3. The van der Waals surface area contributed by atoms with Gasteiger partial charge in [0.15, 0.2) is 5.78 Å². The topological polar surface area (TPSA) is 73.5 Å². The highest BCUT2D eigenvalue weighted by molar-refractivity contribution is 6.04. The average Bonchev–Trinajstić information content (AvgIpc) is 3.13. The lowest BCUT2D eigenvalue weighted by atomic mass is 9.88. The Balaban J connectivity index is 1.59. The first kappa shape index (κ1) is 15.4. The van der Waals surface area contributed by atoms with E-state index >= 15 is 0 Å². The molecule has 2 amide bonds. The molecule has 2 aliphatic heterocycles. The van der Waals surface area contributed by atoms with E-state index in [1.807, 2.05) is 14.0 Å². The number of nitrogens with one attached hydrogen (secondary N) is 1. The Morgan fingerprint density at radius 3 is 2.75 bits per heavy atom. The van der Waals surface area contributed by atoms with E-state index < -0.39 is 0 Å². The van der Waals surface area contributed by atoms with Crippen LogP contribution in [0.3, 0.4) is 0 Å². The fraction of sp³-hybridized carbons (Fsp3) is 0.611. The number of fused-ring (bicyclic) bond motifs is 2. The number of carbonyl (C=O) groups is 3. The highest BCUT2D eigenvalue weighted by Gasteiger charge is 2.44. The van der Waals surface area contributed by atoms with Crippen LogP contribution in [0.1, 0.15) is 51.4 Å². The molecule has 0 spiro atoms. The molecule has 3 heterocycles. The van der Waals surface area contributed by atoms with Crippen molar-refractivity contribution in [2.24, 2.45) is 11.8 Å². The molecule has 1 aromatic rings. The van der Waals surface area contributed by atoms with Gasteiger partial charge in [-0.05, 0) is 37.7 Å². The predicted molar refractivity (Wildman–Crippen MR) is 87.9 cm³/mol. The van der Waals surface area contributed by atoms with Crippen LogP contribution in [-0.4, -0.2) is 59.1 Å². The average molecular weight is 329 g/mol. The number of carbonyl (C=O) groups excluding carboxylic acids is 3. The van der Waals surface area contributed by atoms with Gasteiger partial charge in [0.05, 0.1) is 5.92 Å². The molecule has 4 rings (SSSR count). The Labute approximate surface area is 141 Å². The van der Waals surface area contributed by atoms with Crippen LogP contribution < -0.4 is 0 Å². The number of piperidine rings is 1. The zero-order valence-electron chi connectivity index (χ0n) is 14.2. The van der Waals surface area contributed by atoms with E-state index in [4.69, 9.17) is 0 Å². The first-order valence-electron chi connectivity index (χ1n) is 8.76. The number of hydrogen-bond donors (Lipinski definition) is 1. The lowest BCUT2D eigenvalue weighted by Crippen LogP contribution is -2.42. The minimum Gasteiger partial charge on any atom is -0.354 e. The molecule has 1 aromatic heterocycles. The number of aromatic nitrogens is 1. The van der Waals surface area contributed by atoms with Crippen molar-refractivity contribution in [2.45, 2.75) is 32.6 Å². The molecule has 2 saturated heterocycles. The van der Waals surface area contributed by atoms with E-state index in [-0.39, 0.29) is 29.4 Å². The second kappa shape index (κ2) is 5.46. The summed E-state index contributed by atoms with van der Waals surface area (Å²) in [6, 6.07) is 0. The largest absolute Gasteiger partial charge is 0.354 e. The smallest absolute Gasteiger partial charge is 0.270 e. The molecule has 128 valence electrons. The maximum atomic E-state index is 13.0. The van der Waals surface area contributed by atoms with Gasteiger partial charge < -0.3 is 14.8 Å². The normalized spacial score (nSPS) is 26.6. The van der Waals surface area contributed by atoms with Crippen LogP contribution in [0.15, 0.2) is 0 Å². The van der Waals surface area contributed by atoms with Gasteiger partial charge in [-0.15, -0.1) is 0 Å². The van der Waals surface area contributed by atoms with Crippen molar-refractivity contribution < 1.29 is 14.4 Å². The number of H-pyrrole nitrogens is 1. The lowest BCUT2D eigenvalue weighted by Gasteiger charge is -2.30. The fourth-order valence-electron chi connectivity index (χ4n) is 4.51. The summed E-state index contributed by atoms with van der Waals surface area (Å²) in [6.07, 6.45) is 3.18. The number of aryl methyl sites for hydroxylation is 1. The second-order valence-electron chi connectivity index (χ2n) is 7.38. The van der Waals surface area contributed by atoms with Crippen LogP contribution in [0, 0.1) is 18.8 Å². The van der Waals surface area contributed by atoms with Crippen molar-refractivity contribution in [3.05, 3.63) is 22.5 Å². The second-order valence-corrected chi connectivity index (χ2v) is 7.38. The summed E-state index contributed by atoms with van der Waals surface area (Å²) in [5, 5.41) is 0. The van der Waals surface area contributed by atoms with Gasteiger partial charge in [0.25, 0.3) is 5.91 Å². The summed E-state index contributed by atoms with van der Waals surface area (Å²) in [4.78, 5) is 44.2.